The van der Waals surface area contributed by atoms with Crippen molar-refractivity contribution in [2.24, 2.45) is 0 Å². The highest BCUT2D eigenvalue weighted by Gasteiger charge is 2.02. The molecule has 0 aliphatic carbocycles. The van der Waals surface area contributed by atoms with Crippen LogP contribution in [0.5, 0.6) is 0 Å². The molecule has 0 rings (SSSR count). The van der Waals surface area contributed by atoms with E-state index in [2.05, 4.69) is 11.7 Å². The second-order valence-corrected chi connectivity index (χ2v) is 4.84. The summed E-state index contributed by atoms with van der Waals surface area (Å²) < 4.78 is 25.3. The third-order valence-electron chi connectivity index (χ3n) is 2.90. The molecule has 0 aliphatic rings. The van der Waals surface area contributed by atoms with Gasteiger partial charge in [-0.15, -0.1) is 0 Å². The third-order valence-corrected chi connectivity index (χ3v) is 2.90. The minimum Gasteiger partial charge on any atom is -0.469 e. The maximum absolute atomic E-state index is 11.3. The Morgan fingerprint density at radius 1 is 0.696 bits per heavy atom. The Balaban J connectivity index is 3.13. The van der Waals surface area contributed by atoms with Gasteiger partial charge in [-0.05, 0) is 6.42 Å². The summed E-state index contributed by atoms with van der Waals surface area (Å²) in [6, 6.07) is 0. The molecule has 136 valence electrons. The average Bonchev–Trinajstić information content (AvgIpc) is 2.55. The second kappa shape index (κ2) is 17.2. The molecule has 0 atom stereocenters. The molecule has 0 heterocycles. The summed E-state index contributed by atoms with van der Waals surface area (Å²) in [6.07, 6.45) is 3.75. The minimum absolute atomic E-state index is 0.164. The molecule has 0 radical (unpaired) electrons. The Morgan fingerprint density at radius 3 is 1.83 bits per heavy atom. The van der Waals surface area contributed by atoms with Crippen molar-refractivity contribution in [3.05, 3.63) is 0 Å². The van der Waals surface area contributed by atoms with E-state index in [0.717, 1.165) is 19.3 Å². The standard InChI is InChI=1S/C16H30O7/c1-3-4-5-6-16(18)23-14-13-22-12-11-21-10-9-20-8-7-15(17)19-2/h3-14H2,1-2H3. The lowest BCUT2D eigenvalue weighted by molar-refractivity contribution is -0.145. The molecule has 0 fully saturated rings. The van der Waals surface area contributed by atoms with Gasteiger partial charge in [0.05, 0.1) is 53.2 Å². The molecule has 23 heavy (non-hydrogen) atoms. The predicted octanol–water partition coefficient (Wildman–Crippen LogP) is 1.72. The zero-order chi connectivity index (χ0) is 17.2. The molecule has 0 N–H and O–H groups in total. The van der Waals surface area contributed by atoms with E-state index in [0.29, 0.717) is 46.1 Å². The van der Waals surface area contributed by atoms with E-state index in [-0.39, 0.29) is 25.0 Å². The number of hydrogen-bond donors (Lipinski definition) is 0. The van der Waals surface area contributed by atoms with Crippen molar-refractivity contribution >= 4 is 11.9 Å². The largest absolute Gasteiger partial charge is 0.469 e. The van der Waals surface area contributed by atoms with Gasteiger partial charge in [0.15, 0.2) is 0 Å². The summed E-state index contributed by atoms with van der Waals surface area (Å²) in [4.78, 5) is 22.1. The van der Waals surface area contributed by atoms with Crippen LogP contribution < -0.4 is 0 Å². The van der Waals surface area contributed by atoms with Crippen LogP contribution in [-0.2, 0) is 33.3 Å². The summed E-state index contributed by atoms with van der Waals surface area (Å²) in [6.45, 7) is 4.83. The topological polar surface area (TPSA) is 80.3 Å². The van der Waals surface area contributed by atoms with Crippen LogP contribution in [0.1, 0.15) is 39.0 Å². The fourth-order valence-corrected chi connectivity index (χ4v) is 1.61. The van der Waals surface area contributed by atoms with Gasteiger partial charge in [-0.3, -0.25) is 9.59 Å². The van der Waals surface area contributed by atoms with Crippen molar-refractivity contribution in [1.82, 2.24) is 0 Å². The van der Waals surface area contributed by atoms with E-state index in [1.54, 1.807) is 0 Å². The Labute approximate surface area is 138 Å². The molecule has 0 aromatic carbocycles. The summed E-state index contributed by atoms with van der Waals surface area (Å²) >= 11 is 0. The smallest absolute Gasteiger partial charge is 0.307 e. The lowest BCUT2D eigenvalue weighted by Crippen LogP contribution is -2.14. The normalized spacial score (nSPS) is 10.5. The van der Waals surface area contributed by atoms with Crippen LogP contribution in [0, 0.1) is 0 Å². The first kappa shape index (κ1) is 21.8. The summed E-state index contributed by atoms with van der Waals surface area (Å²) in [7, 11) is 1.35. The van der Waals surface area contributed by atoms with Gasteiger partial charge in [-0.1, -0.05) is 19.8 Å². The molecule has 7 nitrogen and oxygen atoms in total. The molecule has 0 amide bonds. The predicted molar refractivity (Wildman–Crippen MR) is 84.2 cm³/mol. The molecule has 0 saturated carbocycles. The number of hydrogen-bond acceptors (Lipinski definition) is 7. The Hall–Kier alpha value is -1.18. The molecule has 0 spiro atoms. The van der Waals surface area contributed by atoms with Gasteiger partial charge in [-0.25, -0.2) is 0 Å². The lowest BCUT2D eigenvalue weighted by atomic mass is 10.2. The lowest BCUT2D eigenvalue weighted by Gasteiger charge is -2.07. The number of methoxy groups -OCH3 is 1. The van der Waals surface area contributed by atoms with Gasteiger partial charge >= 0.3 is 11.9 Å². The minimum atomic E-state index is -0.287. The van der Waals surface area contributed by atoms with Crippen LogP contribution in [-0.4, -0.2) is 65.3 Å². The number of ether oxygens (including phenoxy) is 5. The highest BCUT2D eigenvalue weighted by Crippen LogP contribution is 2.00. The highest BCUT2D eigenvalue weighted by atomic mass is 16.6. The molecule has 0 bridgehead atoms. The number of unbranched alkanes of at least 4 members (excludes halogenated alkanes) is 2. The number of carbonyl (C=O) groups excluding carboxylic acids is 2. The maximum Gasteiger partial charge on any atom is 0.307 e. The van der Waals surface area contributed by atoms with Crippen LogP contribution in [0.4, 0.5) is 0 Å². The SMILES string of the molecule is CCCCCC(=O)OCCOCCOCCOCCC(=O)OC. The molecule has 0 aromatic rings. The fraction of sp³-hybridized carbons (Fsp3) is 0.875. The van der Waals surface area contributed by atoms with Crippen LogP contribution in [0.2, 0.25) is 0 Å². The first-order chi connectivity index (χ1) is 11.2. The van der Waals surface area contributed by atoms with Gasteiger partial charge in [0.2, 0.25) is 0 Å². The van der Waals surface area contributed by atoms with Crippen molar-refractivity contribution in [2.75, 3.05) is 53.4 Å². The highest BCUT2D eigenvalue weighted by molar-refractivity contribution is 5.69. The van der Waals surface area contributed by atoms with Crippen molar-refractivity contribution in [3.63, 3.8) is 0 Å². The molecule has 0 saturated heterocycles. The van der Waals surface area contributed by atoms with Crippen molar-refractivity contribution in [2.45, 2.75) is 39.0 Å². The van der Waals surface area contributed by atoms with Crippen LogP contribution in [0.25, 0.3) is 0 Å². The van der Waals surface area contributed by atoms with E-state index in [1.807, 2.05) is 0 Å². The van der Waals surface area contributed by atoms with Gasteiger partial charge < -0.3 is 23.7 Å². The number of esters is 2. The first-order valence-electron chi connectivity index (χ1n) is 8.16. The second-order valence-electron chi connectivity index (χ2n) is 4.84. The quantitative estimate of drug-likeness (QED) is 0.314. The van der Waals surface area contributed by atoms with Gasteiger partial charge in [0, 0.05) is 6.42 Å². The summed E-state index contributed by atoms with van der Waals surface area (Å²) in [5.41, 5.74) is 0. The Morgan fingerprint density at radius 2 is 1.26 bits per heavy atom. The Kier molecular flexibility index (Phi) is 16.3. The zero-order valence-corrected chi connectivity index (χ0v) is 14.3. The van der Waals surface area contributed by atoms with E-state index in [4.69, 9.17) is 18.9 Å². The molecule has 0 unspecified atom stereocenters. The molecular weight excluding hydrogens is 304 g/mol. The van der Waals surface area contributed by atoms with Crippen LogP contribution >= 0.6 is 0 Å². The number of rotatable bonds is 16. The zero-order valence-electron chi connectivity index (χ0n) is 14.3. The van der Waals surface area contributed by atoms with Crippen LogP contribution in [0.15, 0.2) is 0 Å². The van der Waals surface area contributed by atoms with Crippen molar-refractivity contribution in [1.29, 1.82) is 0 Å². The van der Waals surface area contributed by atoms with E-state index in [9.17, 15) is 9.59 Å². The number of carbonyl (C=O) groups is 2. The fourth-order valence-electron chi connectivity index (χ4n) is 1.61. The van der Waals surface area contributed by atoms with Gasteiger partial charge in [-0.2, -0.15) is 0 Å². The van der Waals surface area contributed by atoms with E-state index < -0.39 is 0 Å². The summed E-state index contributed by atoms with van der Waals surface area (Å²) in [5.74, 6) is -0.451. The van der Waals surface area contributed by atoms with Gasteiger partial charge in [0.25, 0.3) is 0 Å². The third kappa shape index (κ3) is 17.0. The molecule has 0 aliphatic heterocycles. The monoisotopic (exact) mass is 334 g/mol. The van der Waals surface area contributed by atoms with E-state index >= 15 is 0 Å². The Bertz CT molecular complexity index is 294. The molecule has 0 aromatic heterocycles. The van der Waals surface area contributed by atoms with E-state index in [1.165, 1.54) is 7.11 Å². The first-order valence-corrected chi connectivity index (χ1v) is 8.16. The van der Waals surface area contributed by atoms with Crippen molar-refractivity contribution in [3.8, 4) is 0 Å². The molecule has 7 heteroatoms. The van der Waals surface area contributed by atoms with Crippen molar-refractivity contribution < 1.29 is 33.3 Å². The average molecular weight is 334 g/mol. The van der Waals surface area contributed by atoms with Gasteiger partial charge in [0.1, 0.15) is 6.61 Å². The van der Waals surface area contributed by atoms with Crippen LogP contribution in [0.3, 0.4) is 0 Å². The summed E-state index contributed by atoms with van der Waals surface area (Å²) in [5, 5.41) is 0. The molecular formula is C16H30O7. The maximum atomic E-state index is 11.3.